The highest BCUT2D eigenvalue weighted by Crippen LogP contribution is 2.07. The second kappa shape index (κ2) is 9.76. The van der Waals surface area contributed by atoms with Crippen molar-refractivity contribution in [3.8, 4) is 0 Å². The molecule has 0 aliphatic carbocycles. The first-order chi connectivity index (χ1) is 8.72. The molecule has 1 aliphatic rings. The molecular weight excluding hydrogens is 224 g/mol. The van der Waals surface area contributed by atoms with Gasteiger partial charge in [0.2, 0.25) is 0 Å². The van der Waals surface area contributed by atoms with Crippen LogP contribution in [0, 0.1) is 0 Å². The molecule has 0 spiro atoms. The molecule has 1 saturated heterocycles. The second-order valence-corrected chi connectivity index (χ2v) is 5.65. The molecule has 0 radical (unpaired) electrons. The predicted molar refractivity (Wildman–Crippen MR) is 78.1 cm³/mol. The number of nitrogens with zero attached hydrogens (tertiary/aromatic N) is 2. The van der Waals surface area contributed by atoms with Gasteiger partial charge in [-0.25, -0.2) is 0 Å². The zero-order chi connectivity index (χ0) is 13.2. The van der Waals surface area contributed by atoms with E-state index >= 15 is 0 Å². The first kappa shape index (κ1) is 15.9. The molecular formula is C15H32N2O. The Morgan fingerprint density at radius 1 is 1.17 bits per heavy atom. The Hall–Kier alpha value is -0.120. The number of likely N-dealkylation sites (tertiary alicyclic amines) is 1. The first-order valence-corrected chi connectivity index (χ1v) is 7.75. The molecule has 18 heavy (non-hydrogen) atoms. The Balaban J connectivity index is 1.88. The van der Waals surface area contributed by atoms with Crippen LogP contribution in [0.1, 0.15) is 46.0 Å². The minimum Gasteiger partial charge on any atom is -0.378 e. The topological polar surface area (TPSA) is 15.7 Å². The average molecular weight is 256 g/mol. The van der Waals surface area contributed by atoms with E-state index in [4.69, 9.17) is 4.74 Å². The maximum absolute atomic E-state index is 5.69. The van der Waals surface area contributed by atoms with Crippen molar-refractivity contribution in [3.05, 3.63) is 0 Å². The molecule has 3 heteroatoms. The van der Waals surface area contributed by atoms with Gasteiger partial charge in [-0.2, -0.15) is 0 Å². The number of hydrogen-bond donors (Lipinski definition) is 0. The summed E-state index contributed by atoms with van der Waals surface area (Å²) < 4.78 is 5.69. The van der Waals surface area contributed by atoms with Crippen LogP contribution in [0.4, 0.5) is 0 Å². The van der Waals surface area contributed by atoms with Crippen LogP contribution in [0.25, 0.3) is 0 Å². The lowest BCUT2D eigenvalue weighted by Crippen LogP contribution is -2.27. The summed E-state index contributed by atoms with van der Waals surface area (Å²) in [5, 5.41) is 0. The fourth-order valence-electron chi connectivity index (χ4n) is 2.42. The first-order valence-electron chi connectivity index (χ1n) is 7.75. The summed E-state index contributed by atoms with van der Waals surface area (Å²) in [6.07, 6.45) is 6.82. The van der Waals surface area contributed by atoms with Crippen LogP contribution < -0.4 is 0 Å². The fourth-order valence-corrected chi connectivity index (χ4v) is 2.42. The van der Waals surface area contributed by atoms with E-state index < -0.39 is 0 Å². The molecule has 0 saturated carbocycles. The zero-order valence-corrected chi connectivity index (χ0v) is 12.7. The summed E-state index contributed by atoms with van der Waals surface area (Å²) in [6.45, 7) is 11.6. The molecule has 1 atom stereocenters. The van der Waals surface area contributed by atoms with Crippen molar-refractivity contribution in [3.63, 3.8) is 0 Å². The summed E-state index contributed by atoms with van der Waals surface area (Å²) in [5.41, 5.74) is 0. The van der Waals surface area contributed by atoms with Gasteiger partial charge < -0.3 is 14.5 Å². The number of rotatable bonds is 10. The summed E-state index contributed by atoms with van der Waals surface area (Å²) >= 11 is 0. The van der Waals surface area contributed by atoms with E-state index in [1.165, 1.54) is 45.4 Å². The van der Waals surface area contributed by atoms with Crippen LogP contribution in [-0.4, -0.2) is 62.3 Å². The SMILES string of the molecule is CCC(C)OCCCN(C)CCCN1CCCC1. The van der Waals surface area contributed by atoms with Crippen molar-refractivity contribution < 1.29 is 4.74 Å². The van der Waals surface area contributed by atoms with Crippen LogP contribution in [-0.2, 0) is 4.74 Å². The molecule has 0 bridgehead atoms. The maximum Gasteiger partial charge on any atom is 0.0544 e. The largest absolute Gasteiger partial charge is 0.378 e. The van der Waals surface area contributed by atoms with E-state index in [1.54, 1.807) is 0 Å². The highest BCUT2D eigenvalue weighted by molar-refractivity contribution is 4.66. The molecule has 0 aromatic carbocycles. The van der Waals surface area contributed by atoms with Gasteiger partial charge in [0, 0.05) is 13.2 Å². The third-order valence-corrected chi connectivity index (χ3v) is 3.87. The van der Waals surface area contributed by atoms with Gasteiger partial charge in [-0.15, -0.1) is 0 Å². The highest BCUT2D eigenvalue weighted by atomic mass is 16.5. The Bertz CT molecular complexity index is 193. The molecule has 0 amide bonds. The van der Waals surface area contributed by atoms with Gasteiger partial charge in [-0.3, -0.25) is 0 Å². The number of hydrogen-bond acceptors (Lipinski definition) is 3. The highest BCUT2D eigenvalue weighted by Gasteiger charge is 2.10. The lowest BCUT2D eigenvalue weighted by molar-refractivity contribution is 0.0576. The van der Waals surface area contributed by atoms with Crippen LogP contribution in [0.5, 0.6) is 0 Å². The molecule has 1 aliphatic heterocycles. The van der Waals surface area contributed by atoms with Crippen LogP contribution >= 0.6 is 0 Å². The fraction of sp³-hybridized carbons (Fsp3) is 1.00. The van der Waals surface area contributed by atoms with Gasteiger partial charge in [0.15, 0.2) is 0 Å². The minimum absolute atomic E-state index is 0.422. The molecule has 0 aromatic heterocycles. The van der Waals surface area contributed by atoms with Crippen LogP contribution in [0.2, 0.25) is 0 Å². The van der Waals surface area contributed by atoms with Crippen molar-refractivity contribution in [2.45, 2.75) is 52.1 Å². The summed E-state index contributed by atoms with van der Waals surface area (Å²) in [6, 6.07) is 0. The quantitative estimate of drug-likeness (QED) is 0.559. The zero-order valence-electron chi connectivity index (χ0n) is 12.7. The lowest BCUT2D eigenvalue weighted by atomic mass is 10.3. The molecule has 0 N–H and O–H groups in total. The van der Waals surface area contributed by atoms with Gasteiger partial charge in [-0.05, 0) is 72.3 Å². The van der Waals surface area contributed by atoms with E-state index in [9.17, 15) is 0 Å². The van der Waals surface area contributed by atoms with Gasteiger partial charge >= 0.3 is 0 Å². The van der Waals surface area contributed by atoms with Crippen molar-refractivity contribution in [1.29, 1.82) is 0 Å². The Labute approximate surface area is 113 Å². The Morgan fingerprint density at radius 3 is 2.50 bits per heavy atom. The van der Waals surface area contributed by atoms with Crippen molar-refractivity contribution in [2.24, 2.45) is 0 Å². The molecule has 0 aromatic rings. The van der Waals surface area contributed by atoms with Crippen LogP contribution in [0.3, 0.4) is 0 Å². The van der Waals surface area contributed by atoms with Crippen molar-refractivity contribution in [1.82, 2.24) is 9.80 Å². The molecule has 108 valence electrons. The van der Waals surface area contributed by atoms with Gasteiger partial charge in [0.1, 0.15) is 0 Å². The second-order valence-electron chi connectivity index (χ2n) is 5.65. The standard InChI is InChI=1S/C15H32N2O/c1-4-15(2)18-14-8-10-16(3)9-7-13-17-11-5-6-12-17/h15H,4-14H2,1-3H3. The molecule has 1 rings (SSSR count). The van der Waals surface area contributed by atoms with E-state index in [0.717, 1.165) is 26.0 Å². The van der Waals surface area contributed by atoms with E-state index in [0.29, 0.717) is 6.10 Å². The maximum atomic E-state index is 5.69. The molecule has 1 fully saturated rings. The smallest absolute Gasteiger partial charge is 0.0544 e. The summed E-state index contributed by atoms with van der Waals surface area (Å²) in [4.78, 5) is 5.04. The molecule has 1 heterocycles. The summed E-state index contributed by atoms with van der Waals surface area (Å²) in [5.74, 6) is 0. The lowest BCUT2D eigenvalue weighted by Gasteiger charge is -2.20. The van der Waals surface area contributed by atoms with Crippen LogP contribution in [0.15, 0.2) is 0 Å². The van der Waals surface area contributed by atoms with Gasteiger partial charge in [0.25, 0.3) is 0 Å². The van der Waals surface area contributed by atoms with Gasteiger partial charge in [-0.1, -0.05) is 6.92 Å². The van der Waals surface area contributed by atoms with Crippen molar-refractivity contribution >= 4 is 0 Å². The van der Waals surface area contributed by atoms with E-state index in [2.05, 4.69) is 30.7 Å². The third kappa shape index (κ3) is 7.34. The van der Waals surface area contributed by atoms with Gasteiger partial charge in [0.05, 0.1) is 6.10 Å². The monoisotopic (exact) mass is 256 g/mol. The van der Waals surface area contributed by atoms with E-state index in [-0.39, 0.29) is 0 Å². The number of ether oxygens (including phenoxy) is 1. The predicted octanol–water partition coefficient (Wildman–Crippen LogP) is 2.61. The Kier molecular flexibility index (Phi) is 8.64. The summed E-state index contributed by atoms with van der Waals surface area (Å²) in [7, 11) is 2.23. The Morgan fingerprint density at radius 2 is 1.83 bits per heavy atom. The van der Waals surface area contributed by atoms with Crippen molar-refractivity contribution in [2.75, 3.05) is 46.4 Å². The molecule has 1 unspecified atom stereocenters. The normalized spacial score (nSPS) is 18.7. The third-order valence-electron chi connectivity index (χ3n) is 3.87. The minimum atomic E-state index is 0.422. The van der Waals surface area contributed by atoms with E-state index in [1.807, 2.05) is 0 Å². The molecule has 3 nitrogen and oxygen atoms in total. The average Bonchev–Trinajstić information content (AvgIpc) is 2.87.